The molecule has 7 nitrogen and oxygen atoms in total. The number of hydrogen-bond donors (Lipinski definition) is 2. The van der Waals surface area contributed by atoms with Crippen molar-refractivity contribution in [1.29, 1.82) is 0 Å². The average molecular weight is 396 g/mol. The second-order valence-electron chi connectivity index (χ2n) is 8.76. The van der Waals surface area contributed by atoms with Crippen molar-refractivity contribution in [2.24, 2.45) is 5.41 Å². The van der Waals surface area contributed by atoms with Crippen molar-refractivity contribution in [2.75, 3.05) is 20.8 Å². The number of carbonyl (C=O) groups excluding carboxylic acids is 1. The van der Waals surface area contributed by atoms with Gasteiger partial charge in [0.25, 0.3) is 5.91 Å². The summed E-state index contributed by atoms with van der Waals surface area (Å²) in [7, 11) is 3.25. The third kappa shape index (κ3) is 2.82. The topological polar surface area (TPSA) is 79.5 Å². The number of aromatic nitrogens is 2. The number of hydrogen-bond acceptors (Lipinski definition) is 5. The second kappa shape index (κ2) is 6.76. The molecule has 1 aromatic carbocycles. The Labute approximate surface area is 170 Å². The summed E-state index contributed by atoms with van der Waals surface area (Å²) < 4.78 is 10.8. The largest absolute Gasteiger partial charge is 0.497 e. The quantitative estimate of drug-likeness (QED) is 0.831. The Morgan fingerprint density at radius 1 is 1.24 bits per heavy atom. The van der Waals surface area contributed by atoms with Gasteiger partial charge in [0.15, 0.2) is 0 Å². The Hall–Kier alpha value is -2.54. The summed E-state index contributed by atoms with van der Waals surface area (Å²) in [4.78, 5) is 15.5. The van der Waals surface area contributed by atoms with Gasteiger partial charge >= 0.3 is 0 Å². The highest BCUT2D eigenvalue weighted by atomic mass is 16.5. The number of fused-ring (bicyclic) bond motifs is 1. The van der Waals surface area contributed by atoms with E-state index in [4.69, 9.17) is 9.47 Å². The van der Waals surface area contributed by atoms with Gasteiger partial charge in [0.2, 0.25) is 0 Å². The van der Waals surface area contributed by atoms with Gasteiger partial charge in [-0.1, -0.05) is 6.92 Å². The average Bonchev–Trinajstić information content (AvgIpc) is 3.34. The molecule has 1 amide bonds. The smallest absolute Gasteiger partial charge is 0.272 e. The van der Waals surface area contributed by atoms with E-state index in [1.54, 1.807) is 14.2 Å². The maximum absolute atomic E-state index is 13.5. The Morgan fingerprint density at radius 3 is 2.90 bits per heavy atom. The van der Waals surface area contributed by atoms with Crippen LogP contribution in [0.3, 0.4) is 0 Å². The van der Waals surface area contributed by atoms with Crippen molar-refractivity contribution in [2.45, 2.75) is 50.7 Å². The van der Waals surface area contributed by atoms with Crippen molar-refractivity contribution < 1.29 is 14.3 Å². The molecule has 0 radical (unpaired) electrons. The van der Waals surface area contributed by atoms with E-state index in [0.29, 0.717) is 29.2 Å². The summed E-state index contributed by atoms with van der Waals surface area (Å²) in [6.45, 7) is 3.12. The Kier molecular flexibility index (Phi) is 4.31. The SMILES string of the molecule is COc1ccc(OC)c(-c2cc(C(=O)N3C[C@@H]4C[C@@]5(C)[C@H](CCC[C@@H]35)N4)[nH]n2)c1. The van der Waals surface area contributed by atoms with E-state index >= 15 is 0 Å². The molecule has 4 atom stereocenters. The number of nitrogens with zero attached hydrogens (tertiary/aromatic N) is 2. The fraction of sp³-hybridized carbons (Fsp3) is 0.545. The van der Waals surface area contributed by atoms with Crippen LogP contribution >= 0.6 is 0 Å². The Morgan fingerprint density at radius 2 is 2.10 bits per heavy atom. The molecule has 154 valence electrons. The summed E-state index contributed by atoms with van der Waals surface area (Å²) in [5.41, 5.74) is 2.18. The third-order valence-electron chi connectivity index (χ3n) is 7.20. The van der Waals surface area contributed by atoms with Crippen molar-refractivity contribution in [3.63, 3.8) is 0 Å². The molecule has 0 spiro atoms. The first-order chi connectivity index (χ1) is 14.0. The van der Waals surface area contributed by atoms with Crippen LogP contribution in [0.25, 0.3) is 11.3 Å². The molecule has 1 aliphatic carbocycles. The van der Waals surface area contributed by atoms with E-state index in [1.807, 2.05) is 24.3 Å². The number of nitrogens with one attached hydrogen (secondary N) is 2. The van der Waals surface area contributed by atoms with Crippen molar-refractivity contribution in [1.82, 2.24) is 20.4 Å². The van der Waals surface area contributed by atoms with Gasteiger partial charge in [-0.2, -0.15) is 5.10 Å². The highest BCUT2D eigenvalue weighted by molar-refractivity contribution is 5.94. The first-order valence-corrected chi connectivity index (χ1v) is 10.4. The molecule has 3 fully saturated rings. The van der Waals surface area contributed by atoms with E-state index < -0.39 is 0 Å². The summed E-state index contributed by atoms with van der Waals surface area (Å²) in [6, 6.07) is 8.61. The highest BCUT2D eigenvalue weighted by Gasteiger charge is 2.56. The predicted octanol–water partition coefficient (Wildman–Crippen LogP) is 2.84. The van der Waals surface area contributed by atoms with Crippen LogP contribution < -0.4 is 14.8 Å². The van der Waals surface area contributed by atoms with Crippen LogP contribution in [0.2, 0.25) is 0 Å². The first-order valence-electron chi connectivity index (χ1n) is 10.4. The van der Waals surface area contributed by atoms with Gasteiger partial charge in [-0.25, -0.2) is 0 Å². The molecule has 29 heavy (non-hydrogen) atoms. The number of piperidine rings is 1. The van der Waals surface area contributed by atoms with Gasteiger partial charge in [-0.15, -0.1) is 0 Å². The lowest BCUT2D eigenvalue weighted by Gasteiger charge is -2.50. The standard InChI is InChI=1S/C22H28N4O3/c1-22-11-13-12-26(20(22)6-4-5-19(22)23-13)21(27)17-10-16(24-25-17)15-9-14(28-2)7-8-18(15)29-3/h7-10,13,19-20,23H,4-6,11-12H2,1-3H3,(H,24,25)/t13-,19-,20+,22-/m0/s1. The van der Waals surface area contributed by atoms with E-state index in [1.165, 1.54) is 19.3 Å². The molecule has 0 unspecified atom stereocenters. The number of rotatable bonds is 4. The molecular weight excluding hydrogens is 368 g/mol. The summed E-state index contributed by atoms with van der Waals surface area (Å²) >= 11 is 0. The normalized spacial score (nSPS) is 30.3. The summed E-state index contributed by atoms with van der Waals surface area (Å²) in [5, 5.41) is 11.2. The van der Waals surface area contributed by atoms with Crippen LogP contribution in [0.5, 0.6) is 11.5 Å². The Bertz CT molecular complexity index is 942. The fourth-order valence-electron chi connectivity index (χ4n) is 5.79. The molecule has 2 aromatic rings. The molecule has 3 heterocycles. The maximum Gasteiger partial charge on any atom is 0.272 e. The molecule has 3 aliphatic rings. The van der Waals surface area contributed by atoms with Crippen LogP contribution in [0.4, 0.5) is 0 Å². The van der Waals surface area contributed by atoms with Crippen LogP contribution in [-0.2, 0) is 0 Å². The second-order valence-corrected chi connectivity index (χ2v) is 8.76. The lowest BCUT2D eigenvalue weighted by Crippen LogP contribution is -2.57. The number of H-pyrrole nitrogens is 1. The number of carbonyl (C=O) groups is 1. The van der Waals surface area contributed by atoms with Gasteiger partial charge in [-0.3, -0.25) is 9.89 Å². The zero-order chi connectivity index (χ0) is 20.2. The number of methoxy groups -OCH3 is 2. The lowest BCUT2D eigenvalue weighted by molar-refractivity contribution is 0.0127. The summed E-state index contributed by atoms with van der Waals surface area (Å²) in [6.07, 6.45) is 4.64. The van der Waals surface area contributed by atoms with Crippen LogP contribution in [-0.4, -0.2) is 59.9 Å². The van der Waals surface area contributed by atoms with Crippen molar-refractivity contribution in [3.8, 4) is 22.8 Å². The van der Waals surface area contributed by atoms with E-state index in [2.05, 4.69) is 27.3 Å². The molecule has 7 heteroatoms. The molecule has 2 N–H and O–H groups in total. The number of amides is 1. The van der Waals surface area contributed by atoms with Crippen LogP contribution in [0.1, 0.15) is 43.1 Å². The first kappa shape index (κ1) is 18.5. The van der Waals surface area contributed by atoms with Gasteiger partial charge < -0.3 is 19.7 Å². The molecule has 1 aromatic heterocycles. The molecule has 1 saturated carbocycles. The minimum atomic E-state index is 0.0379. The van der Waals surface area contributed by atoms with E-state index in [0.717, 1.165) is 24.3 Å². The molecule has 5 rings (SSSR count). The zero-order valence-corrected chi connectivity index (χ0v) is 17.2. The van der Waals surface area contributed by atoms with E-state index in [9.17, 15) is 4.79 Å². The molecule has 2 saturated heterocycles. The maximum atomic E-state index is 13.5. The monoisotopic (exact) mass is 396 g/mol. The van der Waals surface area contributed by atoms with E-state index in [-0.39, 0.29) is 17.4 Å². The number of ether oxygens (including phenoxy) is 2. The minimum absolute atomic E-state index is 0.0379. The number of benzene rings is 1. The van der Waals surface area contributed by atoms with Gasteiger partial charge in [0.1, 0.15) is 17.2 Å². The molecular formula is C22H28N4O3. The van der Waals surface area contributed by atoms with Gasteiger partial charge in [0, 0.05) is 35.6 Å². The molecule has 2 bridgehead atoms. The van der Waals surface area contributed by atoms with Gasteiger partial charge in [0.05, 0.1) is 19.9 Å². The van der Waals surface area contributed by atoms with Crippen molar-refractivity contribution >= 4 is 5.91 Å². The number of aromatic amines is 1. The predicted molar refractivity (Wildman–Crippen MR) is 109 cm³/mol. The third-order valence-corrected chi connectivity index (χ3v) is 7.20. The fourth-order valence-corrected chi connectivity index (χ4v) is 5.79. The Balaban J connectivity index is 1.45. The molecule has 2 aliphatic heterocycles. The number of likely N-dealkylation sites (tertiary alicyclic amines) is 1. The minimum Gasteiger partial charge on any atom is -0.497 e. The zero-order valence-electron chi connectivity index (χ0n) is 17.2. The van der Waals surface area contributed by atoms with Crippen LogP contribution in [0.15, 0.2) is 24.3 Å². The summed E-state index contributed by atoms with van der Waals surface area (Å²) in [5.74, 6) is 1.45. The van der Waals surface area contributed by atoms with Gasteiger partial charge in [-0.05, 0) is 49.9 Å². The lowest BCUT2D eigenvalue weighted by atomic mass is 9.66. The van der Waals surface area contributed by atoms with Crippen molar-refractivity contribution in [3.05, 3.63) is 30.0 Å². The highest BCUT2D eigenvalue weighted by Crippen LogP contribution is 2.50. The van der Waals surface area contributed by atoms with Crippen LogP contribution in [0, 0.1) is 5.41 Å².